The molecule has 0 unspecified atom stereocenters. The molecule has 0 saturated heterocycles. The van der Waals surface area contributed by atoms with Gasteiger partial charge in [0.2, 0.25) is 24.2 Å². The molecule has 1 aromatic heterocycles. The minimum atomic E-state index is -3.90. The standard InChI is InChI=1S/C22H17FN2O4S3/c1-14-2-10-18(11-3-14)31(26,27)22-25-20(15-4-8-17(23)9-5-15)21(30-22)16-6-12-19(13-7-16)32(24,28)29/h2-13H,1H3,(H2,24,28,29). The van der Waals surface area contributed by atoms with Crippen LogP contribution in [-0.4, -0.2) is 21.8 Å². The van der Waals surface area contributed by atoms with Crippen LogP contribution in [0.4, 0.5) is 4.39 Å². The summed E-state index contributed by atoms with van der Waals surface area (Å²) in [5.74, 6) is -0.435. The lowest BCUT2D eigenvalue weighted by atomic mass is 10.1. The number of primary sulfonamides is 1. The van der Waals surface area contributed by atoms with E-state index < -0.39 is 25.7 Å². The number of aromatic nitrogens is 1. The van der Waals surface area contributed by atoms with Gasteiger partial charge in [0, 0.05) is 5.56 Å². The zero-order chi connectivity index (χ0) is 23.1. The molecule has 0 spiro atoms. The van der Waals surface area contributed by atoms with Crippen molar-refractivity contribution < 1.29 is 21.2 Å². The van der Waals surface area contributed by atoms with E-state index in [4.69, 9.17) is 5.14 Å². The van der Waals surface area contributed by atoms with Gasteiger partial charge in [-0.15, -0.1) is 11.3 Å². The van der Waals surface area contributed by atoms with E-state index >= 15 is 0 Å². The van der Waals surface area contributed by atoms with Crippen LogP contribution in [0.15, 0.2) is 86.9 Å². The molecule has 4 aromatic rings. The lowest BCUT2D eigenvalue weighted by molar-refractivity contribution is 0.594. The van der Waals surface area contributed by atoms with Crippen molar-refractivity contribution in [3.05, 3.63) is 84.2 Å². The predicted molar refractivity (Wildman–Crippen MR) is 121 cm³/mol. The highest BCUT2D eigenvalue weighted by atomic mass is 32.2. The molecule has 3 aromatic carbocycles. The predicted octanol–water partition coefficient (Wildman–Crippen LogP) is 4.40. The minimum absolute atomic E-state index is 0.0680. The summed E-state index contributed by atoms with van der Waals surface area (Å²) in [7, 11) is -7.77. The second kappa shape index (κ2) is 8.21. The topological polar surface area (TPSA) is 107 Å². The molecular weight excluding hydrogens is 471 g/mol. The normalized spacial score (nSPS) is 12.1. The van der Waals surface area contributed by atoms with Crippen LogP contribution in [0.25, 0.3) is 21.7 Å². The fourth-order valence-corrected chi connectivity index (χ4v) is 6.25. The minimum Gasteiger partial charge on any atom is -0.225 e. The van der Waals surface area contributed by atoms with Gasteiger partial charge in [-0.25, -0.2) is 31.3 Å². The average molecular weight is 489 g/mol. The third-order valence-corrected chi connectivity index (χ3v) is 8.91. The van der Waals surface area contributed by atoms with Crippen molar-refractivity contribution in [3.8, 4) is 21.7 Å². The van der Waals surface area contributed by atoms with Crippen LogP contribution >= 0.6 is 11.3 Å². The summed E-state index contributed by atoms with van der Waals surface area (Å²) < 4.78 is 62.9. The molecule has 0 saturated carbocycles. The molecule has 0 amide bonds. The smallest absolute Gasteiger partial charge is 0.225 e. The highest BCUT2D eigenvalue weighted by molar-refractivity contribution is 7.93. The van der Waals surface area contributed by atoms with Crippen LogP contribution < -0.4 is 5.14 Å². The Morgan fingerprint density at radius 2 is 1.31 bits per heavy atom. The first-order chi connectivity index (χ1) is 15.1. The van der Waals surface area contributed by atoms with Crippen LogP contribution in [0.3, 0.4) is 0 Å². The summed E-state index contributed by atoms with van der Waals surface area (Å²) >= 11 is 0.957. The molecule has 10 heteroatoms. The van der Waals surface area contributed by atoms with Crippen LogP contribution in [-0.2, 0) is 19.9 Å². The van der Waals surface area contributed by atoms with Gasteiger partial charge in [0.05, 0.1) is 20.4 Å². The number of aryl methyl sites for hydroxylation is 1. The van der Waals surface area contributed by atoms with Crippen molar-refractivity contribution >= 4 is 31.2 Å². The van der Waals surface area contributed by atoms with E-state index in [0.717, 1.165) is 16.9 Å². The molecule has 1 heterocycles. The second-order valence-corrected chi connectivity index (χ2v) is 11.7. The third-order valence-electron chi connectivity index (χ3n) is 4.73. The zero-order valence-corrected chi connectivity index (χ0v) is 19.1. The van der Waals surface area contributed by atoms with Crippen molar-refractivity contribution in [1.29, 1.82) is 0 Å². The van der Waals surface area contributed by atoms with E-state index in [2.05, 4.69) is 4.98 Å². The van der Waals surface area contributed by atoms with Crippen molar-refractivity contribution in [2.24, 2.45) is 5.14 Å². The molecule has 164 valence electrons. The maximum Gasteiger partial charge on any atom is 0.238 e. The summed E-state index contributed by atoms with van der Waals surface area (Å²) in [4.78, 5) is 4.94. The number of rotatable bonds is 5. The van der Waals surface area contributed by atoms with E-state index in [9.17, 15) is 21.2 Å². The van der Waals surface area contributed by atoms with Gasteiger partial charge >= 0.3 is 0 Å². The molecule has 0 aliphatic rings. The number of sulfone groups is 1. The third kappa shape index (κ3) is 4.35. The van der Waals surface area contributed by atoms with Gasteiger partial charge in [0.25, 0.3) is 0 Å². The summed E-state index contributed by atoms with van der Waals surface area (Å²) in [5, 5.41) is 5.16. The first-order valence-corrected chi connectivity index (χ1v) is 13.1. The van der Waals surface area contributed by atoms with Gasteiger partial charge in [-0.1, -0.05) is 29.8 Å². The molecular formula is C22H17FN2O4S3. The SMILES string of the molecule is Cc1ccc(S(=O)(=O)c2nc(-c3ccc(F)cc3)c(-c3ccc(S(N)(=O)=O)cc3)s2)cc1. The lowest BCUT2D eigenvalue weighted by Crippen LogP contribution is -2.11. The van der Waals surface area contributed by atoms with Crippen LogP contribution in [0, 0.1) is 12.7 Å². The molecule has 0 bridgehead atoms. The number of hydrogen-bond acceptors (Lipinski definition) is 6. The average Bonchev–Trinajstić information content (AvgIpc) is 3.20. The van der Waals surface area contributed by atoms with E-state index in [1.807, 2.05) is 6.92 Å². The first-order valence-electron chi connectivity index (χ1n) is 9.27. The van der Waals surface area contributed by atoms with Crippen LogP contribution in [0.2, 0.25) is 0 Å². The second-order valence-electron chi connectivity index (χ2n) is 7.05. The molecule has 0 aliphatic heterocycles. The zero-order valence-electron chi connectivity index (χ0n) is 16.7. The molecule has 32 heavy (non-hydrogen) atoms. The molecule has 0 aliphatic carbocycles. The van der Waals surface area contributed by atoms with Gasteiger partial charge in [-0.05, 0) is 61.0 Å². The van der Waals surface area contributed by atoms with Crippen LogP contribution in [0.5, 0.6) is 0 Å². The number of nitrogens with two attached hydrogens (primary N) is 1. The van der Waals surface area contributed by atoms with Gasteiger partial charge < -0.3 is 0 Å². The van der Waals surface area contributed by atoms with Gasteiger partial charge in [-0.3, -0.25) is 0 Å². The maximum atomic E-state index is 13.4. The Kier molecular flexibility index (Phi) is 5.72. The molecule has 0 fully saturated rings. The molecule has 0 radical (unpaired) electrons. The summed E-state index contributed by atoms with van der Waals surface area (Å²) in [5.41, 5.74) is 2.35. The van der Waals surface area contributed by atoms with Gasteiger partial charge in [-0.2, -0.15) is 0 Å². The number of thiazole rings is 1. The molecule has 0 atom stereocenters. The van der Waals surface area contributed by atoms with E-state index in [0.29, 0.717) is 21.7 Å². The highest BCUT2D eigenvalue weighted by Crippen LogP contribution is 2.40. The van der Waals surface area contributed by atoms with Gasteiger partial charge in [0.15, 0.2) is 0 Å². The fraction of sp³-hybridized carbons (Fsp3) is 0.0455. The number of nitrogens with zero attached hydrogens (tertiary/aromatic N) is 1. The van der Waals surface area contributed by atoms with Gasteiger partial charge in [0.1, 0.15) is 5.82 Å². The highest BCUT2D eigenvalue weighted by Gasteiger charge is 2.26. The Labute approximate surface area is 189 Å². The fourth-order valence-electron chi connectivity index (χ4n) is 3.03. The monoisotopic (exact) mass is 488 g/mol. The van der Waals surface area contributed by atoms with Crippen molar-refractivity contribution in [3.63, 3.8) is 0 Å². The largest absolute Gasteiger partial charge is 0.238 e. The van der Waals surface area contributed by atoms with Crippen molar-refractivity contribution in [2.75, 3.05) is 0 Å². The Morgan fingerprint density at radius 1 is 0.781 bits per heavy atom. The van der Waals surface area contributed by atoms with E-state index in [-0.39, 0.29) is 14.1 Å². The number of hydrogen-bond donors (Lipinski definition) is 1. The molecule has 4 rings (SSSR count). The Bertz CT molecular complexity index is 1490. The number of benzene rings is 3. The Balaban J connectivity index is 1.89. The summed E-state index contributed by atoms with van der Waals surface area (Å²) in [6.45, 7) is 1.86. The van der Waals surface area contributed by atoms with E-state index in [1.54, 1.807) is 12.1 Å². The quantitative estimate of drug-likeness (QED) is 0.448. The molecule has 2 N–H and O–H groups in total. The van der Waals surface area contributed by atoms with E-state index in [1.165, 1.54) is 60.7 Å². The first kappa shape index (κ1) is 22.3. The van der Waals surface area contributed by atoms with Crippen molar-refractivity contribution in [2.45, 2.75) is 21.1 Å². The van der Waals surface area contributed by atoms with Crippen molar-refractivity contribution in [1.82, 2.24) is 4.98 Å². The summed E-state index contributed by atoms with van der Waals surface area (Å²) in [6, 6.07) is 17.7. The number of sulfonamides is 1. The Hall–Kier alpha value is -2.92. The number of halogens is 1. The lowest BCUT2D eigenvalue weighted by Gasteiger charge is -2.04. The summed E-state index contributed by atoms with van der Waals surface area (Å²) in [6.07, 6.45) is 0. The van der Waals surface area contributed by atoms with Crippen LogP contribution in [0.1, 0.15) is 5.56 Å². The maximum absolute atomic E-state index is 13.4. The molecule has 6 nitrogen and oxygen atoms in total. The Morgan fingerprint density at radius 3 is 1.88 bits per heavy atom.